The average Bonchev–Trinajstić information content (AvgIpc) is 3.26. The van der Waals surface area contributed by atoms with Crippen LogP contribution in [0.15, 0.2) is 18.2 Å². The molecule has 2 aliphatic rings. The second kappa shape index (κ2) is 3.15. The van der Waals surface area contributed by atoms with E-state index in [-0.39, 0.29) is 35.2 Å². The number of epoxide rings is 1. The van der Waals surface area contributed by atoms with Crippen LogP contribution >= 0.6 is 0 Å². The molecule has 1 fully saturated rings. The summed E-state index contributed by atoms with van der Waals surface area (Å²) in [5.74, 6) is -0.901. The van der Waals surface area contributed by atoms with Gasteiger partial charge in [-0.3, -0.25) is 0 Å². The number of phenols is 4. The maximum absolute atomic E-state index is 10.3. The zero-order valence-corrected chi connectivity index (χ0v) is 10.7. The van der Waals surface area contributed by atoms with E-state index >= 15 is 0 Å². The van der Waals surface area contributed by atoms with Crippen molar-refractivity contribution in [3.63, 3.8) is 0 Å². The molecule has 3 aromatic carbocycles. The Morgan fingerprint density at radius 3 is 2.19 bits per heavy atom. The van der Waals surface area contributed by atoms with E-state index in [9.17, 15) is 20.4 Å². The quantitative estimate of drug-likeness (QED) is 0.372. The molecular formula is C16H10O5. The Bertz CT molecular complexity index is 1010. The van der Waals surface area contributed by atoms with Crippen LogP contribution in [0.2, 0.25) is 0 Å². The molecule has 2 atom stereocenters. The van der Waals surface area contributed by atoms with Crippen LogP contribution < -0.4 is 5.22 Å². The highest BCUT2D eigenvalue weighted by atomic mass is 16.6. The Morgan fingerprint density at radius 1 is 0.810 bits per heavy atom. The number of hydrogen-bond acceptors (Lipinski definition) is 5. The second-order valence-electron chi connectivity index (χ2n) is 5.51. The summed E-state index contributed by atoms with van der Waals surface area (Å²) in [7, 11) is 0. The molecule has 2 unspecified atom stereocenters. The smallest absolute Gasteiger partial charge is 0.166 e. The summed E-state index contributed by atoms with van der Waals surface area (Å²) in [5.41, 5.74) is 0.481. The van der Waals surface area contributed by atoms with Gasteiger partial charge in [0.1, 0.15) is 12.2 Å². The number of rotatable bonds is 0. The van der Waals surface area contributed by atoms with Crippen molar-refractivity contribution < 1.29 is 25.2 Å². The van der Waals surface area contributed by atoms with Gasteiger partial charge in [-0.05, 0) is 6.08 Å². The number of phenolic OH excluding ortho intramolecular Hbond substituents is 4. The first-order valence-electron chi connectivity index (χ1n) is 6.60. The SMILES string of the molecule is Oc1c(O)c2cccc3c(O)c(O)c4c(c1C1OC1C=4)c23. The number of hydrogen-bond donors (Lipinski definition) is 4. The Balaban J connectivity index is 2.24. The monoisotopic (exact) mass is 282 g/mol. The molecule has 0 radical (unpaired) electrons. The maximum Gasteiger partial charge on any atom is 0.166 e. The highest BCUT2D eigenvalue weighted by Crippen LogP contribution is 2.55. The summed E-state index contributed by atoms with van der Waals surface area (Å²) in [6, 6.07) is 4.99. The Labute approximate surface area is 117 Å². The Hall–Kier alpha value is -2.66. The van der Waals surface area contributed by atoms with Gasteiger partial charge in [-0.1, -0.05) is 18.2 Å². The summed E-state index contributed by atoms with van der Waals surface area (Å²) in [4.78, 5) is 0. The van der Waals surface area contributed by atoms with Crippen LogP contribution in [-0.4, -0.2) is 26.5 Å². The molecule has 5 rings (SSSR count). The standard InChI is InChI=1S/C16H10O5/c17-12-5-2-1-3-6-9(5)10-7(14(12)19)4-8-16(21-8)11(10)15(20)13(6)18/h1-4,8,16-20H. The van der Waals surface area contributed by atoms with Crippen LogP contribution in [0.1, 0.15) is 11.7 Å². The highest BCUT2D eigenvalue weighted by molar-refractivity contribution is 6.18. The van der Waals surface area contributed by atoms with Gasteiger partial charge >= 0.3 is 0 Å². The van der Waals surface area contributed by atoms with Crippen molar-refractivity contribution in [1.82, 2.24) is 0 Å². The van der Waals surface area contributed by atoms with Crippen molar-refractivity contribution in [3.8, 4) is 23.0 Å². The zero-order valence-electron chi connectivity index (χ0n) is 10.7. The molecule has 0 aromatic heterocycles. The fraction of sp³-hybridized carbons (Fsp3) is 0.125. The van der Waals surface area contributed by atoms with Crippen molar-refractivity contribution >= 4 is 27.6 Å². The van der Waals surface area contributed by atoms with E-state index in [0.29, 0.717) is 32.3 Å². The van der Waals surface area contributed by atoms with Crippen LogP contribution in [0, 0.1) is 0 Å². The lowest BCUT2D eigenvalue weighted by molar-refractivity contribution is 0.377. The summed E-state index contributed by atoms with van der Waals surface area (Å²) < 4.78 is 5.46. The molecule has 5 nitrogen and oxygen atoms in total. The van der Waals surface area contributed by atoms with Crippen LogP contribution in [0.5, 0.6) is 23.0 Å². The van der Waals surface area contributed by atoms with E-state index in [2.05, 4.69) is 0 Å². The molecule has 0 bridgehead atoms. The number of fused-ring (bicyclic) bond motifs is 2. The van der Waals surface area contributed by atoms with Crippen LogP contribution in [0.25, 0.3) is 27.6 Å². The average molecular weight is 282 g/mol. The summed E-state index contributed by atoms with van der Waals surface area (Å²) in [6.07, 6.45) is 1.19. The fourth-order valence-electron chi connectivity index (χ4n) is 3.46. The van der Waals surface area contributed by atoms with Crippen molar-refractivity contribution in [3.05, 3.63) is 29.0 Å². The third-order valence-electron chi connectivity index (χ3n) is 4.46. The predicted molar refractivity (Wildman–Crippen MR) is 75.4 cm³/mol. The minimum Gasteiger partial charge on any atom is -0.504 e. The first-order valence-corrected chi connectivity index (χ1v) is 6.60. The topological polar surface area (TPSA) is 93.5 Å². The molecule has 1 aliphatic carbocycles. The normalized spacial score (nSPS) is 22.3. The van der Waals surface area contributed by atoms with E-state index in [0.717, 1.165) is 0 Å². The van der Waals surface area contributed by atoms with Crippen LogP contribution in [-0.2, 0) is 4.74 Å². The second-order valence-corrected chi connectivity index (χ2v) is 5.51. The molecule has 1 saturated heterocycles. The van der Waals surface area contributed by atoms with Gasteiger partial charge in [0.15, 0.2) is 23.0 Å². The molecule has 104 valence electrons. The summed E-state index contributed by atoms with van der Waals surface area (Å²) in [6.45, 7) is 0. The highest BCUT2D eigenvalue weighted by Gasteiger charge is 2.45. The van der Waals surface area contributed by atoms with Crippen molar-refractivity contribution in [2.24, 2.45) is 0 Å². The predicted octanol–water partition coefficient (Wildman–Crippen LogP) is 1.77. The lowest BCUT2D eigenvalue weighted by atomic mass is 9.88. The van der Waals surface area contributed by atoms with Crippen molar-refractivity contribution in [2.45, 2.75) is 12.2 Å². The molecular weight excluding hydrogens is 272 g/mol. The van der Waals surface area contributed by atoms with Gasteiger partial charge < -0.3 is 25.2 Å². The lowest BCUT2D eigenvalue weighted by Crippen LogP contribution is -2.12. The van der Waals surface area contributed by atoms with Gasteiger partial charge in [0, 0.05) is 32.3 Å². The first-order chi connectivity index (χ1) is 10.1. The maximum atomic E-state index is 10.3. The largest absolute Gasteiger partial charge is 0.504 e. The van der Waals surface area contributed by atoms with Gasteiger partial charge in [0.2, 0.25) is 0 Å². The number of aromatic hydroxyl groups is 4. The van der Waals surface area contributed by atoms with E-state index in [1.807, 2.05) is 0 Å². The molecule has 0 amide bonds. The van der Waals surface area contributed by atoms with Gasteiger partial charge in [-0.2, -0.15) is 0 Å². The molecule has 21 heavy (non-hydrogen) atoms. The van der Waals surface area contributed by atoms with Gasteiger partial charge in [0.25, 0.3) is 0 Å². The van der Waals surface area contributed by atoms with Gasteiger partial charge in [-0.25, -0.2) is 0 Å². The Morgan fingerprint density at radius 2 is 1.48 bits per heavy atom. The minimum atomic E-state index is -0.305. The molecule has 1 aliphatic heterocycles. The van der Waals surface area contributed by atoms with Gasteiger partial charge in [0.05, 0.1) is 0 Å². The minimum absolute atomic E-state index is 0.220. The molecule has 5 heteroatoms. The van der Waals surface area contributed by atoms with Crippen molar-refractivity contribution in [2.75, 3.05) is 0 Å². The van der Waals surface area contributed by atoms with Gasteiger partial charge in [-0.15, -0.1) is 0 Å². The molecule has 0 saturated carbocycles. The summed E-state index contributed by atoms with van der Waals surface area (Å²) in [5, 5.41) is 43.6. The van der Waals surface area contributed by atoms with E-state index in [4.69, 9.17) is 4.74 Å². The van der Waals surface area contributed by atoms with Crippen molar-refractivity contribution in [1.29, 1.82) is 0 Å². The fourth-order valence-corrected chi connectivity index (χ4v) is 3.46. The molecule has 0 spiro atoms. The molecule has 3 aromatic rings. The van der Waals surface area contributed by atoms with E-state index in [1.165, 1.54) is 0 Å². The lowest BCUT2D eigenvalue weighted by Gasteiger charge is -2.18. The van der Waals surface area contributed by atoms with E-state index in [1.54, 1.807) is 24.3 Å². The summed E-state index contributed by atoms with van der Waals surface area (Å²) >= 11 is 0. The van der Waals surface area contributed by atoms with Crippen LogP contribution in [0.4, 0.5) is 0 Å². The molecule has 1 heterocycles. The first kappa shape index (κ1) is 11.0. The Kier molecular flexibility index (Phi) is 1.66. The number of ether oxygens (including phenoxy) is 1. The third-order valence-corrected chi connectivity index (χ3v) is 4.46. The number of benzene rings is 3. The zero-order chi connectivity index (χ0) is 14.5. The van der Waals surface area contributed by atoms with Crippen LogP contribution in [0.3, 0.4) is 0 Å². The molecule has 4 N–H and O–H groups in total. The third kappa shape index (κ3) is 1.08. The van der Waals surface area contributed by atoms with E-state index < -0.39 is 0 Å².